The third-order valence-corrected chi connectivity index (χ3v) is 13.6. The number of thiazole rings is 2. The first-order valence-corrected chi connectivity index (χ1v) is 20.3. The molecule has 0 radical (unpaired) electrons. The van der Waals surface area contributed by atoms with Crippen molar-refractivity contribution in [3.63, 3.8) is 0 Å². The van der Waals surface area contributed by atoms with Gasteiger partial charge in [-0.3, -0.25) is 47.4 Å². The number of hydrogen-bond acceptors (Lipinski definition) is 14. The monoisotopic (exact) mass is 828 g/mol. The van der Waals surface area contributed by atoms with Crippen molar-refractivity contribution >= 4 is 113 Å². The minimum absolute atomic E-state index is 0.0332. The molecule has 22 heteroatoms. The summed E-state index contributed by atoms with van der Waals surface area (Å²) in [5.41, 5.74) is 1.25. The number of carbonyl (C=O) groups is 4. The van der Waals surface area contributed by atoms with Gasteiger partial charge in [-0.2, -0.15) is 8.42 Å². The maximum Gasteiger partial charge on any atom is 0.323 e. The Morgan fingerprint density at radius 2 is 1.42 bits per heavy atom. The number of aryl methyl sites for hydroxylation is 2. The number of aliphatic carboxylic acids is 3. The Morgan fingerprint density at radius 1 is 0.808 bits per heavy atom. The van der Waals surface area contributed by atoms with Gasteiger partial charge in [0.25, 0.3) is 27.1 Å². The number of fused-ring (bicyclic) bond motifs is 1. The van der Waals surface area contributed by atoms with E-state index in [9.17, 15) is 52.5 Å². The number of thioether (sulfide) groups is 2. The molecule has 1 aromatic carbocycles. The molecule has 0 aliphatic carbocycles. The van der Waals surface area contributed by atoms with E-state index in [-0.39, 0.29) is 34.0 Å². The second-order valence-corrected chi connectivity index (χ2v) is 17.7. The summed E-state index contributed by atoms with van der Waals surface area (Å²) in [6.07, 6.45) is 3.71. The molecule has 4 heterocycles. The van der Waals surface area contributed by atoms with Crippen LogP contribution in [0.1, 0.15) is 24.0 Å². The van der Waals surface area contributed by atoms with Crippen LogP contribution in [0.5, 0.6) is 0 Å². The van der Waals surface area contributed by atoms with Crippen LogP contribution < -0.4 is 25.2 Å². The number of hydrogen-bond donors (Lipinski definition) is 4. The molecule has 0 saturated carbocycles. The van der Waals surface area contributed by atoms with Crippen LogP contribution in [0, 0.1) is 23.0 Å². The molecule has 0 spiro atoms. The number of anilines is 1. The number of amides is 1. The SMILES string of the molecule is Cc1cc2c(cc1C)N(CCCCS(=O)(=O)O)C(=CC=c1s/c(=c3/s/c(=C4/SC(=S)N(CC(=O)O)C4=O)n(CC(=O)O)c3=O)n(CC(=O)O)c1=O)S2. The second-order valence-electron chi connectivity index (χ2n) is 11.4. The number of nitrogens with zero attached hydrogens (tertiary/aromatic N) is 4. The van der Waals surface area contributed by atoms with Crippen molar-refractivity contribution in [1.82, 2.24) is 14.0 Å². The molecule has 0 unspecified atom stereocenters. The molecule has 4 N–H and O–H groups in total. The van der Waals surface area contributed by atoms with E-state index >= 15 is 0 Å². The van der Waals surface area contributed by atoms with Gasteiger partial charge in [0, 0.05) is 11.4 Å². The molecule has 2 aromatic heterocycles. The zero-order valence-electron chi connectivity index (χ0n) is 27.1. The van der Waals surface area contributed by atoms with Crippen molar-refractivity contribution in [2.75, 3.05) is 23.7 Å². The zero-order chi connectivity index (χ0) is 38.2. The van der Waals surface area contributed by atoms with Crippen LogP contribution in [0.15, 0.2) is 37.7 Å². The van der Waals surface area contributed by atoms with Gasteiger partial charge < -0.3 is 20.2 Å². The Balaban J connectivity index is 1.71. The Hall–Kier alpha value is -4.06. The average molecular weight is 829 g/mol. The van der Waals surface area contributed by atoms with Crippen molar-refractivity contribution in [3.05, 3.63) is 73.5 Å². The van der Waals surface area contributed by atoms with Crippen LogP contribution in [0.4, 0.5) is 5.69 Å². The predicted octanol–water partition coefficient (Wildman–Crippen LogP) is 1.16. The van der Waals surface area contributed by atoms with Crippen molar-refractivity contribution < 1.29 is 47.5 Å². The minimum atomic E-state index is -4.14. The lowest BCUT2D eigenvalue weighted by Gasteiger charge is -2.20. The van der Waals surface area contributed by atoms with Gasteiger partial charge >= 0.3 is 17.9 Å². The third kappa shape index (κ3) is 8.43. The van der Waals surface area contributed by atoms with Crippen molar-refractivity contribution in [2.45, 2.75) is 44.7 Å². The summed E-state index contributed by atoms with van der Waals surface area (Å²) in [5, 5.41) is 29.1. The first-order chi connectivity index (χ1) is 24.4. The average Bonchev–Trinajstić information content (AvgIpc) is 3.72. The summed E-state index contributed by atoms with van der Waals surface area (Å²) in [6.45, 7) is 1.77. The number of carboxylic acids is 3. The highest BCUT2D eigenvalue weighted by Crippen LogP contribution is 2.47. The molecule has 0 atom stereocenters. The highest BCUT2D eigenvalue weighted by atomic mass is 32.2. The van der Waals surface area contributed by atoms with Crippen LogP contribution in [0.25, 0.3) is 11.0 Å². The summed E-state index contributed by atoms with van der Waals surface area (Å²) in [5.74, 6) is -5.46. The molecular weight excluding hydrogens is 801 g/mol. The molecule has 3 aromatic rings. The van der Waals surface area contributed by atoms with Gasteiger partial charge in [-0.15, -0.1) is 22.7 Å². The van der Waals surface area contributed by atoms with Gasteiger partial charge in [0.15, 0.2) is 0 Å². The number of aromatic nitrogens is 2. The lowest BCUT2D eigenvalue weighted by Crippen LogP contribution is -2.35. The number of unbranched alkanes of at least 4 members (excludes halogenated alkanes) is 1. The van der Waals surface area contributed by atoms with E-state index in [2.05, 4.69) is 0 Å². The molecule has 5 rings (SSSR count). The highest BCUT2D eigenvalue weighted by molar-refractivity contribution is 8.30. The third-order valence-electron chi connectivity index (χ3n) is 7.67. The standard InChI is InChI=1S/C30H28N4O12S6/c1-14-9-16-18(10-15(14)2)48-19(31(16)7-3-4-8-52(44,45)46)6-5-17-25(41)32(11-20(35)36)28(49-17)23-26(42)33(12-21(37)38)29(50-23)24-27(43)34(13-22(39)40)30(47)51-24/h5-6,9-10H,3-4,7-8,11-13H2,1-2H3,(H,35,36)(H,37,38)(H,39,40)(H,44,45,46)/b17-5?,19-6?,28-23+,29-24+. The van der Waals surface area contributed by atoms with E-state index in [0.717, 1.165) is 47.1 Å². The number of rotatable bonds is 12. The Labute approximate surface area is 315 Å². The van der Waals surface area contributed by atoms with E-state index < -0.39 is 70.4 Å². The van der Waals surface area contributed by atoms with Crippen molar-refractivity contribution in [3.8, 4) is 0 Å². The van der Waals surface area contributed by atoms with Gasteiger partial charge in [-0.1, -0.05) is 35.7 Å². The van der Waals surface area contributed by atoms with Gasteiger partial charge in [0.05, 0.1) is 21.0 Å². The lowest BCUT2D eigenvalue weighted by atomic mass is 10.1. The Kier molecular flexibility index (Phi) is 11.7. The van der Waals surface area contributed by atoms with Crippen molar-refractivity contribution in [2.24, 2.45) is 0 Å². The first kappa shape index (κ1) is 39.2. The summed E-state index contributed by atoms with van der Waals surface area (Å²) >= 11 is 8.67. The number of carbonyl (C=O) groups excluding carboxylic acids is 1. The number of thiocarbonyl (C=S) groups is 1. The van der Waals surface area contributed by atoms with Crippen molar-refractivity contribution in [1.29, 1.82) is 0 Å². The van der Waals surface area contributed by atoms with E-state index in [4.69, 9.17) is 16.8 Å². The molecule has 0 bridgehead atoms. The van der Waals surface area contributed by atoms with E-state index in [0.29, 0.717) is 41.1 Å². The molecule has 276 valence electrons. The zero-order valence-corrected chi connectivity index (χ0v) is 32.0. The first-order valence-electron chi connectivity index (χ1n) is 15.0. The lowest BCUT2D eigenvalue weighted by molar-refractivity contribution is -0.140. The Bertz CT molecular complexity index is 2550. The van der Waals surface area contributed by atoms with Crippen LogP contribution in [-0.2, 0) is 42.4 Å². The van der Waals surface area contributed by atoms with E-state index in [1.165, 1.54) is 17.8 Å². The van der Waals surface area contributed by atoms with Gasteiger partial charge in [0.1, 0.15) is 42.7 Å². The summed E-state index contributed by atoms with van der Waals surface area (Å²) in [6, 6.07) is 3.99. The normalized spacial score (nSPS) is 17.4. The molecular formula is C30H28N4O12S6. The highest BCUT2D eigenvalue weighted by Gasteiger charge is 2.35. The molecule has 1 saturated heterocycles. The van der Waals surface area contributed by atoms with Gasteiger partial charge in [-0.05, 0) is 62.1 Å². The summed E-state index contributed by atoms with van der Waals surface area (Å²) in [4.78, 5) is 79.1. The summed E-state index contributed by atoms with van der Waals surface area (Å²) < 4.78 is 32.8. The fourth-order valence-corrected chi connectivity index (χ4v) is 10.7. The maximum absolute atomic E-state index is 13.8. The summed E-state index contributed by atoms with van der Waals surface area (Å²) in [7, 11) is -4.14. The van der Waals surface area contributed by atoms with Gasteiger partial charge in [0.2, 0.25) is 0 Å². The molecule has 1 fully saturated rings. The molecule has 2 aliphatic rings. The second kappa shape index (κ2) is 15.5. The fraction of sp³-hybridized carbons (Fsp3) is 0.300. The van der Waals surface area contributed by atoms with Gasteiger partial charge in [-0.25, -0.2) is 0 Å². The molecule has 52 heavy (non-hydrogen) atoms. The molecule has 2 aliphatic heterocycles. The topological polar surface area (TPSA) is 234 Å². The number of benzene rings is 1. The molecule has 1 amide bonds. The minimum Gasteiger partial charge on any atom is -0.480 e. The fourth-order valence-electron chi connectivity index (χ4n) is 5.18. The van der Waals surface area contributed by atoms with Crippen LogP contribution >= 0.6 is 58.4 Å². The largest absolute Gasteiger partial charge is 0.480 e. The number of carboxylic acid groups (broad SMARTS) is 3. The Morgan fingerprint density at radius 3 is 2.04 bits per heavy atom. The maximum atomic E-state index is 13.8. The molecule has 16 nitrogen and oxygen atoms in total. The van der Waals surface area contributed by atoms with Crippen LogP contribution in [0.3, 0.4) is 0 Å². The van der Waals surface area contributed by atoms with Crippen LogP contribution in [0.2, 0.25) is 0 Å². The van der Waals surface area contributed by atoms with E-state index in [1.807, 2.05) is 30.9 Å². The number of allylic oxidation sites excluding steroid dienone is 1. The smallest absolute Gasteiger partial charge is 0.323 e. The predicted molar refractivity (Wildman–Crippen MR) is 200 cm³/mol. The van der Waals surface area contributed by atoms with Crippen LogP contribution in [-0.4, -0.2) is 89.3 Å². The quantitative estimate of drug-likeness (QED) is 0.114. The van der Waals surface area contributed by atoms with E-state index in [1.54, 1.807) is 6.08 Å².